The van der Waals surface area contributed by atoms with Gasteiger partial charge >= 0.3 is 7.12 Å². The van der Waals surface area contributed by atoms with E-state index in [-0.39, 0.29) is 0 Å². The van der Waals surface area contributed by atoms with E-state index in [1.54, 1.807) is 12.1 Å². The Morgan fingerprint density at radius 1 is 1.23 bits per heavy atom. The molecule has 1 aliphatic rings. The summed E-state index contributed by atoms with van der Waals surface area (Å²) in [6.45, 7) is 1.34. The van der Waals surface area contributed by atoms with Gasteiger partial charge in [0.05, 0.1) is 13.2 Å². The fourth-order valence-electron chi connectivity index (χ4n) is 1.55. The van der Waals surface area contributed by atoms with Crippen molar-refractivity contribution in [3.63, 3.8) is 0 Å². The van der Waals surface area contributed by atoms with Gasteiger partial charge in [-0.2, -0.15) is 0 Å². The van der Waals surface area contributed by atoms with Gasteiger partial charge in [0.1, 0.15) is 0 Å². The van der Waals surface area contributed by atoms with Crippen molar-refractivity contribution < 1.29 is 14.8 Å². The van der Waals surface area contributed by atoms with Gasteiger partial charge in [0, 0.05) is 0 Å². The summed E-state index contributed by atoms with van der Waals surface area (Å²) in [6, 6.07) is 5.47. The van der Waals surface area contributed by atoms with Crippen molar-refractivity contribution in [2.24, 2.45) is 0 Å². The fraction of sp³-hybridized carbons (Fsp3) is 0.333. The van der Waals surface area contributed by atoms with Crippen LogP contribution in [0.4, 0.5) is 0 Å². The lowest BCUT2D eigenvalue weighted by Gasteiger charge is -2.16. The predicted molar refractivity (Wildman–Crippen MR) is 49.6 cm³/mol. The van der Waals surface area contributed by atoms with Crippen molar-refractivity contribution in [3.05, 3.63) is 29.3 Å². The van der Waals surface area contributed by atoms with E-state index in [9.17, 15) is 0 Å². The average molecular weight is 178 g/mol. The average Bonchev–Trinajstić information content (AvgIpc) is 2.17. The van der Waals surface area contributed by atoms with Crippen molar-refractivity contribution in [3.8, 4) is 0 Å². The monoisotopic (exact) mass is 178 g/mol. The molecule has 1 aromatic rings. The van der Waals surface area contributed by atoms with Crippen LogP contribution in [-0.2, 0) is 17.8 Å². The van der Waals surface area contributed by atoms with Crippen LogP contribution in [0, 0.1) is 0 Å². The molecule has 0 unspecified atom stereocenters. The summed E-state index contributed by atoms with van der Waals surface area (Å²) in [5.41, 5.74) is 2.84. The number of hydrogen-bond donors (Lipinski definition) is 2. The molecule has 0 fully saturated rings. The van der Waals surface area contributed by atoms with Crippen molar-refractivity contribution in [1.29, 1.82) is 0 Å². The second-order valence-electron chi connectivity index (χ2n) is 3.20. The number of rotatable bonds is 1. The first-order valence-electron chi connectivity index (χ1n) is 4.33. The van der Waals surface area contributed by atoms with Crippen LogP contribution in [0.3, 0.4) is 0 Å². The molecule has 1 heterocycles. The highest BCUT2D eigenvalue weighted by atomic mass is 16.5. The molecule has 1 aliphatic heterocycles. The van der Waals surface area contributed by atoms with Gasteiger partial charge in [-0.3, -0.25) is 0 Å². The van der Waals surface area contributed by atoms with E-state index in [2.05, 4.69) is 0 Å². The molecule has 0 aromatic heterocycles. The summed E-state index contributed by atoms with van der Waals surface area (Å²) in [6.07, 6.45) is 0.914. The van der Waals surface area contributed by atoms with Crippen LogP contribution in [0.25, 0.3) is 0 Å². The summed E-state index contributed by atoms with van der Waals surface area (Å²) in [5, 5.41) is 17.9. The quantitative estimate of drug-likeness (QED) is 0.566. The van der Waals surface area contributed by atoms with Crippen LogP contribution < -0.4 is 5.46 Å². The Morgan fingerprint density at radius 2 is 2.08 bits per heavy atom. The number of benzene rings is 1. The lowest BCUT2D eigenvalue weighted by Crippen LogP contribution is -2.30. The summed E-state index contributed by atoms with van der Waals surface area (Å²) in [5.74, 6) is 0. The molecule has 0 aliphatic carbocycles. The molecule has 0 saturated heterocycles. The Labute approximate surface area is 77.1 Å². The minimum Gasteiger partial charge on any atom is -0.423 e. The Bertz CT molecular complexity index is 312. The van der Waals surface area contributed by atoms with Gasteiger partial charge in [0.2, 0.25) is 0 Å². The Morgan fingerprint density at radius 3 is 2.85 bits per heavy atom. The van der Waals surface area contributed by atoms with Crippen LogP contribution in [0.5, 0.6) is 0 Å². The van der Waals surface area contributed by atoms with E-state index in [1.165, 1.54) is 5.56 Å². The highest BCUT2D eigenvalue weighted by Gasteiger charge is 2.15. The third kappa shape index (κ3) is 1.75. The summed E-state index contributed by atoms with van der Waals surface area (Å²) >= 11 is 0. The zero-order valence-corrected chi connectivity index (χ0v) is 7.23. The van der Waals surface area contributed by atoms with Crippen LogP contribution in [0.2, 0.25) is 0 Å². The maximum atomic E-state index is 8.94. The van der Waals surface area contributed by atoms with E-state index in [0.29, 0.717) is 12.1 Å². The lowest BCUT2D eigenvalue weighted by atomic mass is 9.78. The van der Waals surface area contributed by atoms with Gasteiger partial charge in [0.25, 0.3) is 0 Å². The SMILES string of the molecule is OB(O)c1ccc2c(c1)COCC2. The molecule has 4 heteroatoms. The molecular formula is C9H11BO3. The summed E-state index contributed by atoms with van der Waals surface area (Å²) < 4.78 is 5.27. The van der Waals surface area contributed by atoms with Gasteiger partial charge in [-0.25, -0.2) is 0 Å². The largest absolute Gasteiger partial charge is 0.488 e. The second kappa shape index (κ2) is 3.50. The van der Waals surface area contributed by atoms with Crippen molar-refractivity contribution in [2.75, 3.05) is 6.61 Å². The third-order valence-electron chi connectivity index (χ3n) is 2.30. The van der Waals surface area contributed by atoms with E-state index in [0.717, 1.165) is 18.6 Å². The zero-order chi connectivity index (χ0) is 9.26. The molecule has 0 spiro atoms. The Hall–Kier alpha value is -0.835. The lowest BCUT2D eigenvalue weighted by molar-refractivity contribution is 0.111. The third-order valence-corrected chi connectivity index (χ3v) is 2.30. The first kappa shape index (κ1) is 8.75. The molecule has 13 heavy (non-hydrogen) atoms. The maximum absolute atomic E-state index is 8.94. The fourth-order valence-corrected chi connectivity index (χ4v) is 1.55. The molecule has 1 aromatic carbocycles. The normalized spacial score (nSPS) is 15.2. The van der Waals surface area contributed by atoms with Crippen LogP contribution in [0.15, 0.2) is 18.2 Å². The molecule has 0 amide bonds. The van der Waals surface area contributed by atoms with Gasteiger partial charge < -0.3 is 14.8 Å². The molecule has 0 radical (unpaired) electrons. The molecule has 0 saturated carbocycles. The first-order valence-corrected chi connectivity index (χ1v) is 4.33. The standard InChI is InChI=1S/C9H11BO3/c11-10(12)9-2-1-7-3-4-13-6-8(7)5-9/h1-2,5,11-12H,3-4,6H2. The number of ether oxygens (including phenoxy) is 1. The maximum Gasteiger partial charge on any atom is 0.488 e. The van der Waals surface area contributed by atoms with Crippen LogP contribution in [-0.4, -0.2) is 23.8 Å². The van der Waals surface area contributed by atoms with Crippen molar-refractivity contribution in [2.45, 2.75) is 13.0 Å². The zero-order valence-electron chi connectivity index (χ0n) is 7.23. The predicted octanol–water partition coefficient (Wildman–Crippen LogP) is -0.561. The van der Waals surface area contributed by atoms with E-state index in [1.807, 2.05) is 6.07 Å². The highest BCUT2D eigenvalue weighted by molar-refractivity contribution is 6.58. The van der Waals surface area contributed by atoms with Crippen molar-refractivity contribution >= 4 is 12.6 Å². The Balaban J connectivity index is 2.35. The van der Waals surface area contributed by atoms with Gasteiger partial charge in [0.15, 0.2) is 0 Å². The van der Waals surface area contributed by atoms with E-state index in [4.69, 9.17) is 14.8 Å². The summed E-state index contributed by atoms with van der Waals surface area (Å²) in [4.78, 5) is 0. The van der Waals surface area contributed by atoms with Crippen molar-refractivity contribution in [1.82, 2.24) is 0 Å². The molecule has 68 valence electrons. The smallest absolute Gasteiger partial charge is 0.423 e. The minimum absolute atomic E-state index is 0.532. The van der Waals surface area contributed by atoms with Gasteiger partial charge in [-0.1, -0.05) is 18.2 Å². The van der Waals surface area contributed by atoms with E-state index >= 15 is 0 Å². The topological polar surface area (TPSA) is 49.7 Å². The molecule has 2 N–H and O–H groups in total. The number of hydrogen-bond acceptors (Lipinski definition) is 3. The van der Waals surface area contributed by atoms with Gasteiger partial charge in [-0.05, 0) is 23.0 Å². The van der Waals surface area contributed by atoms with Gasteiger partial charge in [-0.15, -0.1) is 0 Å². The minimum atomic E-state index is -1.38. The van der Waals surface area contributed by atoms with Crippen LogP contribution >= 0.6 is 0 Å². The highest BCUT2D eigenvalue weighted by Crippen LogP contribution is 2.14. The van der Waals surface area contributed by atoms with Crippen LogP contribution in [0.1, 0.15) is 11.1 Å². The summed E-state index contributed by atoms with van der Waals surface area (Å²) in [7, 11) is -1.38. The Kier molecular flexibility index (Phi) is 2.35. The second-order valence-corrected chi connectivity index (χ2v) is 3.20. The number of fused-ring (bicyclic) bond motifs is 1. The first-order chi connectivity index (χ1) is 6.27. The van der Waals surface area contributed by atoms with E-state index < -0.39 is 7.12 Å². The molecule has 2 rings (SSSR count). The molecular weight excluding hydrogens is 167 g/mol. The molecule has 0 atom stereocenters. The molecule has 3 nitrogen and oxygen atoms in total. The molecule has 0 bridgehead atoms.